The standard InChI is InChI=1S/C21H18ClN3OS/c22-17-8-6-16(7-9-17)18-10-20(26)25-13-24(12-15-4-2-1-3-5-15)14-27-21(25)19(18)11-23/h1-9,18H,10,12-14H2. The first-order valence-corrected chi connectivity index (χ1v) is 10.1. The predicted octanol–water partition coefficient (Wildman–Crippen LogP) is 4.56. The number of thioether (sulfide) groups is 1. The Bertz CT molecular complexity index is 921. The average Bonchev–Trinajstić information content (AvgIpc) is 2.69. The molecule has 1 fully saturated rings. The van der Waals surface area contributed by atoms with E-state index < -0.39 is 0 Å². The minimum absolute atomic E-state index is 0.0641. The highest BCUT2D eigenvalue weighted by Gasteiger charge is 2.38. The van der Waals surface area contributed by atoms with Crippen molar-refractivity contribution >= 4 is 29.3 Å². The Morgan fingerprint density at radius 3 is 2.59 bits per heavy atom. The van der Waals surface area contributed by atoms with Crippen LogP contribution in [0.1, 0.15) is 23.5 Å². The van der Waals surface area contributed by atoms with Gasteiger partial charge in [0.15, 0.2) is 0 Å². The molecule has 4 rings (SSSR count). The van der Waals surface area contributed by atoms with Crippen molar-refractivity contribution in [1.82, 2.24) is 9.80 Å². The van der Waals surface area contributed by atoms with Crippen molar-refractivity contribution in [1.29, 1.82) is 5.26 Å². The van der Waals surface area contributed by atoms with Crippen molar-refractivity contribution in [2.24, 2.45) is 0 Å². The lowest BCUT2D eigenvalue weighted by Gasteiger charge is -2.41. The Kier molecular flexibility index (Phi) is 5.22. The molecule has 6 heteroatoms. The number of halogens is 1. The molecule has 4 nitrogen and oxygen atoms in total. The van der Waals surface area contributed by atoms with Gasteiger partial charge in [-0.15, -0.1) is 0 Å². The first kappa shape index (κ1) is 18.1. The smallest absolute Gasteiger partial charge is 0.229 e. The summed E-state index contributed by atoms with van der Waals surface area (Å²) in [5, 5.41) is 11.3. The van der Waals surface area contributed by atoms with Crippen molar-refractivity contribution < 1.29 is 4.79 Å². The van der Waals surface area contributed by atoms with E-state index in [1.54, 1.807) is 16.7 Å². The van der Waals surface area contributed by atoms with E-state index in [-0.39, 0.29) is 11.8 Å². The SMILES string of the molecule is N#CC1=C2SCN(Cc3ccccc3)CN2C(=O)CC1c1ccc(Cl)cc1. The monoisotopic (exact) mass is 395 g/mol. The van der Waals surface area contributed by atoms with Gasteiger partial charge in [0, 0.05) is 23.9 Å². The lowest BCUT2D eigenvalue weighted by atomic mass is 9.86. The maximum atomic E-state index is 12.9. The van der Waals surface area contributed by atoms with E-state index in [1.165, 1.54) is 5.56 Å². The lowest BCUT2D eigenvalue weighted by molar-refractivity contribution is -0.131. The van der Waals surface area contributed by atoms with E-state index in [0.29, 0.717) is 23.7 Å². The van der Waals surface area contributed by atoms with Crippen LogP contribution in [-0.2, 0) is 11.3 Å². The van der Waals surface area contributed by atoms with Gasteiger partial charge in [-0.3, -0.25) is 14.6 Å². The van der Waals surface area contributed by atoms with Crippen molar-refractivity contribution in [3.63, 3.8) is 0 Å². The molecule has 1 atom stereocenters. The summed E-state index contributed by atoms with van der Waals surface area (Å²) in [6, 6.07) is 20.0. The summed E-state index contributed by atoms with van der Waals surface area (Å²) < 4.78 is 0. The molecule has 0 N–H and O–H groups in total. The first-order valence-electron chi connectivity index (χ1n) is 8.75. The number of hydrogen-bond donors (Lipinski definition) is 0. The number of benzene rings is 2. The summed E-state index contributed by atoms with van der Waals surface area (Å²) >= 11 is 7.56. The van der Waals surface area contributed by atoms with Gasteiger partial charge in [-0.05, 0) is 23.3 Å². The number of rotatable bonds is 3. The number of allylic oxidation sites excluding steroid dienone is 1. The molecule has 2 aromatic carbocycles. The van der Waals surface area contributed by atoms with E-state index in [0.717, 1.165) is 23.0 Å². The number of carbonyl (C=O) groups excluding carboxylic acids is 1. The van der Waals surface area contributed by atoms with Gasteiger partial charge in [-0.1, -0.05) is 65.8 Å². The molecule has 27 heavy (non-hydrogen) atoms. The second-order valence-electron chi connectivity index (χ2n) is 6.69. The van der Waals surface area contributed by atoms with Crippen molar-refractivity contribution in [2.45, 2.75) is 18.9 Å². The molecule has 0 saturated carbocycles. The van der Waals surface area contributed by atoms with Crippen LogP contribution in [0.4, 0.5) is 0 Å². The van der Waals surface area contributed by atoms with Crippen LogP contribution in [0.3, 0.4) is 0 Å². The van der Waals surface area contributed by atoms with E-state index in [2.05, 4.69) is 23.1 Å². The van der Waals surface area contributed by atoms with Crippen LogP contribution in [0.5, 0.6) is 0 Å². The number of nitrogens with zero attached hydrogens (tertiary/aromatic N) is 3. The molecule has 1 amide bonds. The summed E-state index contributed by atoms with van der Waals surface area (Å²) in [6.07, 6.45) is 0.313. The number of carbonyl (C=O) groups is 1. The zero-order chi connectivity index (χ0) is 18.8. The van der Waals surface area contributed by atoms with E-state index in [1.807, 2.05) is 42.5 Å². The zero-order valence-corrected chi connectivity index (χ0v) is 16.2. The quantitative estimate of drug-likeness (QED) is 0.764. The predicted molar refractivity (Wildman–Crippen MR) is 108 cm³/mol. The van der Waals surface area contributed by atoms with Gasteiger partial charge in [-0.2, -0.15) is 5.26 Å². The first-order chi connectivity index (χ1) is 13.2. The molecular formula is C21H18ClN3OS. The molecular weight excluding hydrogens is 378 g/mol. The summed E-state index contributed by atoms with van der Waals surface area (Å²) in [5.41, 5.74) is 2.86. The lowest BCUT2D eigenvalue weighted by Crippen LogP contribution is -2.46. The van der Waals surface area contributed by atoms with Crippen molar-refractivity contribution in [3.8, 4) is 6.07 Å². The van der Waals surface area contributed by atoms with Crippen LogP contribution in [0.2, 0.25) is 5.02 Å². The largest absolute Gasteiger partial charge is 0.292 e. The van der Waals surface area contributed by atoms with E-state index >= 15 is 0 Å². The minimum atomic E-state index is -0.195. The summed E-state index contributed by atoms with van der Waals surface area (Å²) in [5.74, 6) is 0.625. The number of fused-ring (bicyclic) bond motifs is 1. The van der Waals surface area contributed by atoms with E-state index in [4.69, 9.17) is 11.6 Å². The van der Waals surface area contributed by atoms with Gasteiger partial charge in [-0.25, -0.2) is 0 Å². The van der Waals surface area contributed by atoms with Crippen LogP contribution in [0.15, 0.2) is 65.2 Å². The van der Waals surface area contributed by atoms with Gasteiger partial charge in [0.25, 0.3) is 0 Å². The molecule has 2 aliphatic heterocycles. The summed E-state index contributed by atoms with van der Waals surface area (Å²) in [4.78, 5) is 16.8. The Hall–Kier alpha value is -2.26. The number of hydrogen-bond acceptors (Lipinski definition) is 4. The highest BCUT2D eigenvalue weighted by Crippen LogP contribution is 2.42. The second-order valence-corrected chi connectivity index (χ2v) is 8.06. The van der Waals surface area contributed by atoms with Crippen LogP contribution < -0.4 is 0 Å². The fourth-order valence-corrected chi connectivity index (χ4v) is 4.79. The fraction of sp³-hybridized carbons (Fsp3) is 0.238. The van der Waals surface area contributed by atoms with Crippen LogP contribution in [-0.4, -0.2) is 28.3 Å². The highest BCUT2D eigenvalue weighted by molar-refractivity contribution is 8.03. The van der Waals surface area contributed by atoms with Crippen molar-refractivity contribution in [2.75, 3.05) is 12.5 Å². The zero-order valence-electron chi connectivity index (χ0n) is 14.6. The van der Waals surface area contributed by atoms with E-state index in [9.17, 15) is 10.1 Å². The molecule has 2 heterocycles. The molecule has 136 valence electrons. The fourth-order valence-electron chi connectivity index (χ4n) is 3.53. The molecule has 1 unspecified atom stereocenters. The third kappa shape index (κ3) is 3.74. The molecule has 2 aromatic rings. The van der Waals surface area contributed by atoms with Crippen LogP contribution in [0.25, 0.3) is 0 Å². The molecule has 1 saturated heterocycles. The Morgan fingerprint density at radius 2 is 1.89 bits per heavy atom. The summed E-state index contributed by atoms with van der Waals surface area (Å²) in [7, 11) is 0. The molecule has 2 aliphatic rings. The van der Waals surface area contributed by atoms with Gasteiger partial charge in [0.05, 0.1) is 29.2 Å². The molecule has 0 aromatic heterocycles. The maximum absolute atomic E-state index is 12.9. The normalized spacial score (nSPS) is 20.4. The third-order valence-electron chi connectivity index (χ3n) is 4.87. The highest BCUT2D eigenvalue weighted by atomic mass is 35.5. The van der Waals surface area contributed by atoms with Crippen LogP contribution >= 0.6 is 23.4 Å². The second kappa shape index (κ2) is 7.77. The molecule has 0 bridgehead atoms. The van der Waals surface area contributed by atoms with Gasteiger partial charge < -0.3 is 0 Å². The summed E-state index contributed by atoms with van der Waals surface area (Å²) in [6.45, 7) is 1.31. The van der Waals surface area contributed by atoms with Gasteiger partial charge in [0.2, 0.25) is 5.91 Å². The Morgan fingerprint density at radius 1 is 1.15 bits per heavy atom. The van der Waals surface area contributed by atoms with Gasteiger partial charge >= 0.3 is 0 Å². The number of amides is 1. The van der Waals surface area contributed by atoms with Crippen molar-refractivity contribution in [3.05, 3.63) is 81.3 Å². The maximum Gasteiger partial charge on any atom is 0.229 e. The topological polar surface area (TPSA) is 47.3 Å². The minimum Gasteiger partial charge on any atom is -0.292 e. The Balaban J connectivity index is 1.59. The average molecular weight is 396 g/mol. The molecule has 0 spiro atoms. The Labute approximate surface area is 168 Å². The van der Waals surface area contributed by atoms with Crippen LogP contribution in [0, 0.1) is 11.3 Å². The third-order valence-corrected chi connectivity index (χ3v) is 6.33. The molecule has 0 aliphatic carbocycles. The van der Waals surface area contributed by atoms with Gasteiger partial charge in [0.1, 0.15) is 0 Å². The molecule has 0 radical (unpaired) electrons. The number of nitriles is 1.